The number of halogens is 1. The number of carbonyl (C=O) groups excluding carboxylic acids is 1. The Labute approximate surface area is 119 Å². The van der Waals surface area contributed by atoms with Crippen LogP contribution in [0.2, 0.25) is 5.02 Å². The predicted octanol–water partition coefficient (Wildman–Crippen LogP) is 2.86. The SMILES string of the molecule is Cc1ccc(Cl)cc1C(=O)N(C)C1CCCNCC1. The summed E-state index contributed by atoms with van der Waals surface area (Å²) in [5.41, 5.74) is 1.69. The first-order valence-corrected chi connectivity index (χ1v) is 7.21. The van der Waals surface area contributed by atoms with Gasteiger partial charge in [0.2, 0.25) is 0 Å². The fourth-order valence-corrected chi connectivity index (χ4v) is 2.74. The Kier molecular flexibility index (Phi) is 4.83. The Morgan fingerprint density at radius 3 is 2.95 bits per heavy atom. The number of nitrogens with one attached hydrogen (secondary N) is 1. The van der Waals surface area contributed by atoms with Gasteiger partial charge in [0.05, 0.1) is 0 Å². The highest BCUT2D eigenvalue weighted by molar-refractivity contribution is 6.31. The van der Waals surface area contributed by atoms with Crippen LogP contribution >= 0.6 is 11.6 Å². The van der Waals surface area contributed by atoms with E-state index in [2.05, 4.69) is 5.32 Å². The van der Waals surface area contributed by atoms with Crippen LogP contribution in [0.3, 0.4) is 0 Å². The summed E-state index contributed by atoms with van der Waals surface area (Å²) in [6.45, 7) is 3.98. The number of nitrogens with zero attached hydrogens (tertiary/aromatic N) is 1. The summed E-state index contributed by atoms with van der Waals surface area (Å²) in [5, 5.41) is 3.99. The number of amides is 1. The molecule has 0 aromatic heterocycles. The van der Waals surface area contributed by atoms with E-state index in [4.69, 9.17) is 11.6 Å². The molecule has 1 atom stereocenters. The standard InChI is InChI=1S/C15H21ClN2O/c1-11-5-6-12(16)10-14(11)15(19)18(2)13-4-3-8-17-9-7-13/h5-6,10,13,17H,3-4,7-9H2,1-2H3. The minimum atomic E-state index is 0.0758. The van der Waals surface area contributed by atoms with E-state index in [0.29, 0.717) is 16.6 Å². The lowest BCUT2D eigenvalue weighted by atomic mass is 10.0. The van der Waals surface area contributed by atoms with E-state index >= 15 is 0 Å². The fraction of sp³-hybridized carbons (Fsp3) is 0.533. The highest BCUT2D eigenvalue weighted by atomic mass is 35.5. The molecule has 1 fully saturated rings. The van der Waals surface area contributed by atoms with Crippen LogP contribution in [-0.4, -0.2) is 37.0 Å². The van der Waals surface area contributed by atoms with Gasteiger partial charge in [-0.25, -0.2) is 0 Å². The highest BCUT2D eigenvalue weighted by Gasteiger charge is 2.23. The van der Waals surface area contributed by atoms with Crippen molar-refractivity contribution in [2.24, 2.45) is 0 Å². The van der Waals surface area contributed by atoms with Gasteiger partial charge < -0.3 is 10.2 Å². The Morgan fingerprint density at radius 2 is 2.16 bits per heavy atom. The molecular weight excluding hydrogens is 260 g/mol. The molecule has 104 valence electrons. The summed E-state index contributed by atoms with van der Waals surface area (Å²) in [4.78, 5) is 14.5. The van der Waals surface area contributed by atoms with E-state index in [0.717, 1.165) is 37.9 Å². The first kappa shape index (κ1) is 14.4. The maximum Gasteiger partial charge on any atom is 0.254 e. The normalized spacial score (nSPS) is 19.8. The van der Waals surface area contributed by atoms with E-state index in [1.165, 1.54) is 0 Å². The third-order valence-electron chi connectivity index (χ3n) is 3.84. The molecule has 0 saturated carbocycles. The van der Waals surface area contributed by atoms with Crippen molar-refractivity contribution in [3.8, 4) is 0 Å². The number of carbonyl (C=O) groups is 1. The van der Waals surface area contributed by atoms with Crippen LogP contribution in [0, 0.1) is 6.92 Å². The molecule has 1 heterocycles. The second kappa shape index (κ2) is 6.40. The molecule has 0 bridgehead atoms. The topological polar surface area (TPSA) is 32.3 Å². The Morgan fingerprint density at radius 1 is 1.37 bits per heavy atom. The second-order valence-electron chi connectivity index (χ2n) is 5.21. The molecule has 2 rings (SSSR count). The molecule has 0 radical (unpaired) electrons. The molecule has 1 aliphatic heterocycles. The third-order valence-corrected chi connectivity index (χ3v) is 4.08. The van der Waals surface area contributed by atoms with Crippen molar-refractivity contribution >= 4 is 17.5 Å². The van der Waals surface area contributed by atoms with Crippen LogP contribution in [0.15, 0.2) is 18.2 Å². The van der Waals surface area contributed by atoms with Gasteiger partial charge in [-0.15, -0.1) is 0 Å². The lowest BCUT2D eigenvalue weighted by Gasteiger charge is -2.27. The van der Waals surface area contributed by atoms with Crippen LogP contribution in [0.5, 0.6) is 0 Å². The maximum absolute atomic E-state index is 12.6. The number of hydrogen-bond acceptors (Lipinski definition) is 2. The number of hydrogen-bond donors (Lipinski definition) is 1. The fourth-order valence-electron chi connectivity index (χ4n) is 2.57. The molecule has 3 nitrogen and oxygen atoms in total. The molecule has 1 saturated heterocycles. The monoisotopic (exact) mass is 280 g/mol. The molecule has 1 aliphatic rings. The van der Waals surface area contributed by atoms with Gasteiger partial charge >= 0.3 is 0 Å². The maximum atomic E-state index is 12.6. The van der Waals surface area contributed by atoms with E-state index in [9.17, 15) is 4.79 Å². The zero-order valence-electron chi connectivity index (χ0n) is 11.6. The summed E-state index contributed by atoms with van der Waals surface area (Å²) in [7, 11) is 1.90. The number of rotatable bonds is 2. The highest BCUT2D eigenvalue weighted by Crippen LogP contribution is 2.20. The van der Waals surface area contributed by atoms with E-state index in [-0.39, 0.29) is 5.91 Å². The smallest absolute Gasteiger partial charge is 0.254 e. The van der Waals surface area contributed by atoms with Crippen molar-refractivity contribution in [2.75, 3.05) is 20.1 Å². The predicted molar refractivity (Wildman–Crippen MR) is 78.8 cm³/mol. The van der Waals surface area contributed by atoms with Gasteiger partial charge in [0.1, 0.15) is 0 Å². The largest absolute Gasteiger partial charge is 0.339 e. The Hall–Kier alpha value is -1.06. The lowest BCUT2D eigenvalue weighted by molar-refractivity contribution is 0.0719. The molecule has 1 unspecified atom stereocenters. The van der Waals surface area contributed by atoms with Gasteiger partial charge in [-0.3, -0.25) is 4.79 Å². The molecule has 0 spiro atoms. The molecule has 1 amide bonds. The average Bonchev–Trinajstić information content (AvgIpc) is 2.69. The molecule has 1 aromatic carbocycles. The minimum Gasteiger partial charge on any atom is -0.339 e. The van der Waals surface area contributed by atoms with Crippen LogP contribution < -0.4 is 5.32 Å². The summed E-state index contributed by atoms with van der Waals surface area (Å²) < 4.78 is 0. The molecular formula is C15H21ClN2O. The van der Waals surface area contributed by atoms with E-state index < -0.39 is 0 Å². The summed E-state index contributed by atoms with van der Waals surface area (Å²) in [5.74, 6) is 0.0758. The zero-order valence-corrected chi connectivity index (χ0v) is 12.3. The lowest BCUT2D eigenvalue weighted by Crippen LogP contribution is -2.37. The molecule has 19 heavy (non-hydrogen) atoms. The van der Waals surface area contributed by atoms with Gasteiger partial charge in [0.25, 0.3) is 5.91 Å². The van der Waals surface area contributed by atoms with Crippen LogP contribution in [0.25, 0.3) is 0 Å². The van der Waals surface area contributed by atoms with Crippen molar-refractivity contribution in [2.45, 2.75) is 32.2 Å². The van der Waals surface area contributed by atoms with Crippen molar-refractivity contribution in [3.63, 3.8) is 0 Å². The van der Waals surface area contributed by atoms with Crippen molar-refractivity contribution < 1.29 is 4.79 Å². The Balaban J connectivity index is 2.15. The Bertz CT molecular complexity index is 453. The van der Waals surface area contributed by atoms with Gasteiger partial charge in [0.15, 0.2) is 0 Å². The van der Waals surface area contributed by atoms with Crippen molar-refractivity contribution in [1.29, 1.82) is 0 Å². The van der Waals surface area contributed by atoms with Gasteiger partial charge in [-0.1, -0.05) is 17.7 Å². The van der Waals surface area contributed by atoms with Gasteiger partial charge in [-0.05, 0) is 57.0 Å². The summed E-state index contributed by atoms with van der Waals surface area (Å²) >= 11 is 6.00. The summed E-state index contributed by atoms with van der Waals surface area (Å²) in [6.07, 6.45) is 3.20. The minimum absolute atomic E-state index is 0.0758. The van der Waals surface area contributed by atoms with Gasteiger partial charge in [-0.2, -0.15) is 0 Å². The average molecular weight is 281 g/mol. The van der Waals surface area contributed by atoms with Crippen molar-refractivity contribution in [1.82, 2.24) is 10.2 Å². The first-order chi connectivity index (χ1) is 9.09. The van der Waals surface area contributed by atoms with E-state index in [1.54, 1.807) is 6.07 Å². The number of benzene rings is 1. The molecule has 1 aromatic rings. The second-order valence-corrected chi connectivity index (χ2v) is 5.65. The van der Waals surface area contributed by atoms with Crippen LogP contribution in [0.4, 0.5) is 0 Å². The molecule has 1 N–H and O–H groups in total. The third kappa shape index (κ3) is 3.48. The number of aryl methyl sites for hydroxylation is 1. The quantitative estimate of drug-likeness (QED) is 0.903. The molecule has 4 heteroatoms. The summed E-state index contributed by atoms with van der Waals surface area (Å²) in [6, 6.07) is 5.81. The zero-order chi connectivity index (χ0) is 13.8. The van der Waals surface area contributed by atoms with Crippen LogP contribution in [0.1, 0.15) is 35.2 Å². The van der Waals surface area contributed by atoms with E-state index in [1.807, 2.05) is 31.0 Å². The van der Waals surface area contributed by atoms with Crippen molar-refractivity contribution in [3.05, 3.63) is 34.3 Å². The van der Waals surface area contributed by atoms with Crippen LogP contribution in [-0.2, 0) is 0 Å². The molecule has 0 aliphatic carbocycles. The van der Waals surface area contributed by atoms with Gasteiger partial charge in [0, 0.05) is 23.7 Å². The first-order valence-electron chi connectivity index (χ1n) is 6.83.